The molecule has 0 amide bonds. The van der Waals surface area contributed by atoms with Gasteiger partial charge < -0.3 is 20.7 Å². The Labute approximate surface area is 215 Å². The van der Waals surface area contributed by atoms with Gasteiger partial charge in [0.15, 0.2) is 11.5 Å². The monoisotopic (exact) mass is 533 g/mol. The average molecular weight is 534 g/mol. The third-order valence-corrected chi connectivity index (χ3v) is 7.63. The molecule has 0 radical (unpaired) electrons. The Morgan fingerprint density at radius 3 is 2.78 bits per heavy atom. The second-order valence-corrected chi connectivity index (χ2v) is 10.0. The number of fused-ring (bicyclic) bond motifs is 1. The van der Waals surface area contributed by atoms with Crippen LogP contribution in [0.15, 0.2) is 29.3 Å². The van der Waals surface area contributed by atoms with Crippen molar-refractivity contribution in [1.82, 2.24) is 19.9 Å². The van der Waals surface area contributed by atoms with Gasteiger partial charge in [0.2, 0.25) is 0 Å². The number of nitrogens with zero attached hydrogens (tertiary/aromatic N) is 5. The number of halogens is 3. The Bertz CT molecular complexity index is 1310. The minimum absolute atomic E-state index is 0.193. The van der Waals surface area contributed by atoms with Crippen molar-refractivity contribution >= 4 is 31.8 Å². The van der Waals surface area contributed by atoms with Gasteiger partial charge in [-0.05, 0) is 43.5 Å². The molecule has 0 spiro atoms. The van der Waals surface area contributed by atoms with Gasteiger partial charge in [0, 0.05) is 37.1 Å². The van der Waals surface area contributed by atoms with Crippen molar-refractivity contribution in [3.05, 3.63) is 52.3 Å². The molecule has 3 aromatic rings. The first-order valence-electron chi connectivity index (χ1n) is 12.4. The number of nitrogen functional groups attached to an aromatic ring is 1. The van der Waals surface area contributed by atoms with Gasteiger partial charge in [0.25, 0.3) is 0 Å². The third kappa shape index (κ3) is 5.44. The number of aliphatic imine (C=N–C) groups is 1. The van der Waals surface area contributed by atoms with E-state index in [1.807, 2.05) is 0 Å². The molecule has 8 nitrogen and oxygen atoms in total. The van der Waals surface area contributed by atoms with E-state index in [9.17, 15) is 13.2 Å². The van der Waals surface area contributed by atoms with Crippen molar-refractivity contribution in [1.29, 1.82) is 0 Å². The van der Waals surface area contributed by atoms with Crippen LogP contribution in [0.25, 0.3) is 5.65 Å². The zero-order valence-electron chi connectivity index (χ0n) is 20.7. The second-order valence-electron chi connectivity index (χ2n) is 9.45. The lowest BCUT2D eigenvalue weighted by Gasteiger charge is -2.27. The number of ether oxygens (including phenoxy) is 1. The van der Waals surface area contributed by atoms with E-state index in [-0.39, 0.29) is 24.6 Å². The summed E-state index contributed by atoms with van der Waals surface area (Å²) >= 11 is 0. The highest BCUT2D eigenvalue weighted by Crippen LogP contribution is 2.34. The number of alkyl halides is 3. The Morgan fingerprint density at radius 1 is 1.30 bits per heavy atom. The fourth-order valence-corrected chi connectivity index (χ4v) is 5.32. The van der Waals surface area contributed by atoms with Crippen LogP contribution in [0, 0.1) is 6.92 Å². The number of hydrogen-bond donors (Lipinski definition) is 2. The second kappa shape index (κ2) is 10.6. The van der Waals surface area contributed by atoms with E-state index in [0.29, 0.717) is 60.4 Å². The predicted molar refractivity (Wildman–Crippen MR) is 141 cm³/mol. The minimum atomic E-state index is -4.43. The van der Waals surface area contributed by atoms with Crippen LogP contribution < -0.4 is 16.0 Å². The largest absolute Gasteiger partial charge is 0.416 e. The lowest BCUT2D eigenvalue weighted by molar-refractivity contribution is -0.138. The number of anilines is 2. The fraction of sp³-hybridized carbons (Fsp3) is 0.480. The molecule has 0 aliphatic carbocycles. The zero-order chi connectivity index (χ0) is 26.2. The van der Waals surface area contributed by atoms with Gasteiger partial charge in [0.05, 0.1) is 42.4 Å². The van der Waals surface area contributed by atoms with Crippen LogP contribution in [-0.4, -0.2) is 58.9 Å². The molecule has 2 aliphatic heterocycles. The number of hydrogen-bond acceptors (Lipinski definition) is 7. The van der Waals surface area contributed by atoms with E-state index in [1.165, 1.54) is 13.0 Å². The standard InChI is InChI=1S/C25H31F3N7OP/c1-15-16(4-2-5-17(15)25(26,27)28)12-21-20(14-31-24(37)19-6-3-7-30-19)32-23-18(29)13-22(33-35(21)23)34-8-10-36-11-9-34/h2,4-5,13,19,30H,3,6-12,14,29,37H2,1H3. The van der Waals surface area contributed by atoms with Gasteiger partial charge in [-0.1, -0.05) is 21.4 Å². The molecule has 4 heterocycles. The molecular formula is C25H31F3N7OP. The summed E-state index contributed by atoms with van der Waals surface area (Å²) in [5.74, 6) is 0.685. The van der Waals surface area contributed by atoms with Crippen molar-refractivity contribution in [2.24, 2.45) is 4.99 Å². The van der Waals surface area contributed by atoms with Crippen LogP contribution in [0.1, 0.15) is 40.9 Å². The molecule has 2 unspecified atom stereocenters. The van der Waals surface area contributed by atoms with Gasteiger partial charge in [-0.3, -0.25) is 4.99 Å². The van der Waals surface area contributed by atoms with Crippen LogP contribution in [0.3, 0.4) is 0 Å². The van der Waals surface area contributed by atoms with Crippen LogP contribution in [0.5, 0.6) is 0 Å². The van der Waals surface area contributed by atoms with E-state index in [4.69, 9.17) is 25.5 Å². The molecule has 1 aromatic carbocycles. The first kappa shape index (κ1) is 25.9. The van der Waals surface area contributed by atoms with Gasteiger partial charge >= 0.3 is 6.18 Å². The Morgan fingerprint density at radius 2 is 2.08 bits per heavy atom. The zero-order valence-corrected chi connectivity index (χ0v) is 21.8. The molecule has 2 fully saturated rings. The van der Waals surface area contributed by atoms with Gasteiger partial charge in [-0.15, -0.1) is 5.10 Å². The molecule has 2 saturated heterocycles. The SMILES string of the molecule is Cc1c(Cc2c(CN=C(P)C3CCCN3)nc3c(N)cc(N4CCOCC4)nn23)cccc1C(F)(F)F. The number of aromatic nitrogens is 3. The van der Waals surface area contributed by atoms with E-state index < -0.39 is 11.7 Å². The van der Waals surface area contributed by atoms with Gasteiger partial charge in [0.1, 0.15) is 0 Å². The summed E-state index contributed by atoms with van der Waals surface area (Å²) in [6.07, 6.45) is -2.10. The summed E-state index contributed by atoms with van der Waals surface area (Å²) in [6, 6.07) is 6.27. The Hall–Kier alpha value is -2.75. The quantitative estimate of drug-likeness (QED) is 0.372. The Balaban J connectivity index is 1.59. The molecule has 2 atom stereocenters. The summed E-state index contributed by atoms with van der Waals surface area (Å²) in [7, 11) is 2.70. The van der Waals surface area contributed by atoms with E-state index in [1.54, 1.807) is 16.6 Å². The summed E-state index contributed by atoms with van der Waals surface area (Å²) in [4.78, 5) is 11.6. The molecule has 37 heavy (non-hydrogen) atoms. The summed E-state index contributed by atoms with van der Waals surface area (Å²) in [6.45, 7) is 5.27. The van der Waals surface area contributed by atoms with Gasteiger partial charge in [-0.2, -0.15) is 13.2 Å². The number of nitrogens with two attached hydrogens (primary N) is 1. The third-order valence-electron chi connectivity index (χ3n) is 7.05. The predicted octanol–water partition coefficient (Wildman–Crippen LogP) is 3.59. The Kier molecular flexibility index (Phi) is 7.38. The number of rotatable bonds is 6. The van der Waals surface area contributed by atoms with Crippen LogP contribution in [0.4, 0.5) is 24.7 Å². The minimum Gasteiger partial charge on any atom is -0.396 e. The first-order chi connectivity index (χ1) is 17.7. The maximum Gasteiger partial charge on any atom is 0.416 e. The van der Waals surface area contributed by atoms with Crippen molar-refractivity contribution in [2.45, 2.75) is 44.9 Å². The molecular weight excluding hydrogens is 502 g/mol. The molecule has 12 heteroatoms. The summed E-state index contributed by atoms with van der Waals surface area (Å²) in [5, 5.41) is 8.26. The lowest BCUT2D eigenvalue weighted by atomic mass is 9.98. The van der Waals surface area contributed by atoms with Crippen molar-refractivity contribution in [3.63, 3.8) is 0 Å². The van der Waals surface area contributed by atoms with Crippen molar-refractivity contribution in [2.75, 3.05) is 43.5 Å². The topological polar surface area (TPSA) is 93.1 Å². The number of imidazole rings is 1. The molecule has 198 valence electrons. The normalized spacial score (nSPS) is 19.2. The molecule has 5 rings (SSSR count). The maximum absolute atomic E-state index is 13.6. The number of nitrogens with one attached hydrogen (secondary N) is 1. The fourth-order valence-electron chi connectivity index (χ4n) is 4.95. The molecule has 0 bridgehead atoms. The van der Waals surface area contributed by atoms with Crippen LogP contribution >= 0.6 is 9.24 Å². The number of morpholine rings is 1. The van der Waals surface area contributed by atoms with Crippen LogP contribution in [-0.2, 0) is 23.9 Å². The van der Waals surface area contributed by atoms with Gasteiger partial charge in [-0.25, -0.2) is 9.50 Å². The van der Waals surface area contributed by atoms with Crippen molar-refractivity contribution in [3.8, 4) is 0 Å². The highest BCUT2D eigenvalue weighted by Gasteiger charge is 2.33. The highest BCUT2D eigenvalue weighted by molar-refractivity contribution is 7.41. The van der Waals surface area contributed by atoms with E-state index in [0.717, 1.165) is 30.9 Å². The van der Waals surface area contributed by atoms with Crippen LogP contribution in [0.2, 0.25) is 0 Å². The van der Waals surface area contributed by atoms with Crippen molar-refractivity contribution < 1.29 is 17.9 Å². The average Bonchev–Trinajstić information content (AvgIpc) is 3.53. The highest BCUT2D eigenvalue weighted by atomic mass is 31.0. The summed E-state index contributed by atoms with van der Waals surface area (Å²) in [5.41, 5.74) is 9.71. The lowest BCUT2D eigenvalue weighted by Crippen LogP contribution is -2.37. The molecule has 2 aliphatic rings. The van der Waals surface area contributed by atoms with E-state index in [2.05, 4.69) is 19.5 Å². The maximum atomic E-state index is 13.6. The first-order valence-corrected chi connectivity index (χ1v) is 13.0. The number of benzene rings is 1. The molecule has 2 aromatic heterocycles. The molecule has 3 N–H and O–H groups in total. The summed E-state index contributed by atoms with van der Waals surface area (Å²) < 4.78 is 48.0. The smallest absolute Gasteiger partial charge is 0.396 e. The molecule has 0 saturated carbocycles. The van der Waals surface area contributed by atoms with E-state index >= 15 is 0 Å².